The molecule has 1 heterocycles. The van der Waals surface area contributed by atoms with Crippen LogP contribution >= 0.6 is 0 Å². The van der Waals surface area contributed by atoms with Crippen LogP contribution < -0.4 is 0 Å². The summed E-state index contributed by atoms with van der Waals surface area (Å²) in [6.45, 7) is 5.37. The SMILES string of the molecule is CCCC(C(=O)OCC)N(CCC#N)Cc1cccnc1. The van der Waals surface area contributed by atoms with Gasteiger partial charge in [0.2, 0.25) is 0 Å². The molecule has 1 aromatic rings. The van der Waals surface area contributed by atoms with Gasteiger partial charge in [0.15, 0.2) is 0 Å². The highest BCUT2D eigenvalue weighted by Gasteiger charge is 2.26. The summed E-state index contributed by atoms with van der Waals surface area (Å²) in [5, 5.41) is 8.83. The summed E-state index contributed by atoms with van der Waals surface area (Å²) in [6.07, 6.45) is 5.51. The average molecular weight is 289 g/mol. The Balaban J connectivity index is 2.85. The summed E-state index contributed by atoms with van der Waals surface area (Å²) in [5.74, 6) is -0.207. The van der Waals surface area contributed by atoms with Crippen LogP contribution in [-0.4, -0.2) is 35.0 Å². The fourth-order valence-electron chi connectivity index (χ4n) is 2.23. The maximum Gasteiger partial charge on any atom is 0.323 e. The lowest BCUT2D eigenvalue weighted by Crippen LogP contribution is -2.42. The van der Waals surface area contributed by atoms with E-state index in [2.05, 4.69) is 11.1 Å². The van der Waals surface area contributed by atoms with E-state index in [1.807, 2.05) is 30.9 Å². The van der Waals surface area contributed by atoms with Crippen molar-refractivity contribution in [3.8, 4) is 6.07 Å². The maximum atomic E-state index is 12.2. The first-order valence-corrected chi connectivity index (χ1v) is 7.39. The predicted molar refractivity (Wildman–Crippen MR) is 80.2 cm³/mol. The zero-order valence-electron chi connectivity index (χ0n) is 12.8. The van der Waals surface area contributed by atoms with Crippen molar-refractivity contribution < 1.29 is 9.53 Å². The Hall–Kier alpha value is -1.93. The number of nitrogens with zero attached hydrogens (tertiary/aromatic N) is 3. The van der Waals surface area contributed by atoms with Crippen molar-refractivity contribution in [1.82, 2.24) is 9.88 Å². The Bertz CT molecular complexity index is 456. The van der Waals surface area contributed by atoms with E-state index in [0.29, 0.717) is 26.1 Å². The largest absolute Gasteiger partial charge is 0.465 e. The first-order valence-electron chi connectivity index (χ1n) is 7.39. The van der Waals surface area contributed by atoms with E-state index < -0.39 is 0 Å². The minimum absolute atomic E-state index is 0.207. The summed E-state index contributed by atoms with van der Waals surface area (Å²) < 4.78 is 5.18. The monoisotopic (exact) mass is 289 g/mol. The molecule has 114 valence electrons. The molecule has 0 fully saturated rings. The van der Waals surface area contributed by atoms with E-state index in [0.717, 1.165) is 18.4 Å². The standard InChI is InChI=1S/C16H23N3O2/c1-3-7-15(16(20)21-4-2)19(11-6-9-17)13-14-8-5-10-18-12-14/h5,8,10,12,15H,3-4,6-7,11,13H2,1-2H3. The molecule has 0 saturated heterocycles. The third-order valence-corrected chi connectivity index (χ3v) is 3.18. The molecule has 0 aliphatic carbocycles. The van der Waals surface area contributed by atoms with Gasteiger partial charge in [0, 0.05) is 31.9 Å². The second-order valence-corrected chi connectivity index (χ2v) is 4.80. The van der Waals surface area contributed by atoms with Crippen LogP contribution in [0.1, 0.15) is 38.7 Å². The van der Waals surface area contributed by atoms with Crippen LogP contribution in [0.25, 0.3) is 0 Å². The van der Waals surface area contributed by atoms with Crippen molar-refractivity contribution in [2.75, 3.05) is 13.2 Å². The Kier molecular flexibility index (Phi) is 8.07. The van der Waals surface area contributed by atoms with Crippen LogP contribution in [0.5, 0.6) is 0 Å². The Labute approximate surface area is 126 Å². The second kappa shape index (κ2) is 9.89. The van der Waals surface area contributed by atoms with Crippen molar-refractivity contribution in [2.45, 2.75) is 45.7 Å². The van der Waals surface area contributed by atoms with Crippen molar-refractivity contribution in [1.29, 1.82) is 5.26 Å². The third kappa shape index (κ3) is 5.92. The van der Waals surface area contributed by atoms with Crippen LogP contribution in [0.4, 0.5) is 0 Å². The number of esters is 1. The van der Waals surface area contributed by atoms with Crippen LogP contribution in [0.15, 0.2) is 24.5 Å². The molecule has 0 aliphatic heterocycles. The van der Waals surface area contributed by atoms with Gasteiger partial charge < -0.3 is 4.74 Å². The van der Waals surface area contributed by atoms with E-state index in [9.17, 15) is 4.79 Å². The van der Waals surface area contributed by atoms with Crippen LogP contribution in [0, 0.1) is 11.3 Å². The molecular weight excluding hydrogens is 266 g/mol. The molecule has 0 spiro atoms. The smallest absolute Gasteiger partial charge is 0.323 e. The number of carbonyl (C=O) groups excluding carboxylic acids is 1. The molecule has 0 amide bonds. The number of rotatable bonds is 9. The van der Waals surface area contributed by atoms with Gasteiger partial charge >= 0.3 is 5.97 Å². The molecule has 1 atom stereocenters. The fraction of sp³-hybridized carbons (Fsp3) is 0.562. The van der Waals surface area contributed by atoms with Crippen molar-refractivity contribution in [3.63, 3.8) is 0 Å². The Morgan fingerprint density at radius 2 is 2.33 bits per heavy atom. The number of ether oxygens (including phenoxy) is 1. The molecule has 1 unspecified atom stereocenters. The Morgan fingerprint density at radius 3 is 2.90 bits per heavy atom. The van der Waals surface area contributed by atoms with Gasteiger partial charge in [0.25, 0.3) is 0 Å². The highest BCUT2D eigenvalue weighted by Crippen LogP contribution is 2.14. The minimum Gasteiger partial charge on any atom is -0.465 e. The summed E-state index contributed by atoms with van der Waals surface area (Å²) in [7, 11) is 0. The number of hydrogen-bond donors (Lipinski definition) is 0. The van der Waals surface area contributed by atoms with Gasteiger partial charge in [0.1, 0.15) is 6.04 Å². The highest BCUT2D eigenvalue weighted by atomic mass is 16.5. The number of pyridine rings is 1. The molecule has 0 bridgehead atoms. The number of carbonyl (C=O) groups is 1. The molecule has 0 saturated carbocycles. The highest BCUT2D eigenvalue weighted by molar-refractivity contribution is 5.75. The molecule has 0 aliphatic rings. The third-order valence-electron chi connectivity index (χ3n) is 3.18. The lowest BCUT2D eigenvalue weighted by Gasteiger charge is -2.29. The van der Waals surface area contributed by atoms with Gasteiger partial charge in [-0.25, -0.2) is 0 Å². The molecule has 5 heteroatoms. The molecule has 0 radical (unpaired) electrons. The molecule has 1 aromatic heterocycles. The van der Waals surface area contributed by atoms with Gasteiger partial charge in [-0.3, -0.25) is 14.7 Å². The van der Waals surface area contributed by atoms with Crippen LogP contribution in [0.2, 0.25) is 0 Å². The zero-order chi connectivity index (χ0) is 15.5. The first-order chi connectivity index (χ1) is 10.2. The number of hydrogen-bond acceptors (Lipinski definition) is 5. The first kappa shape index (κ1) is 17.1. The normalized spacial score (nSPS) is 11.9. The summed E-state index contributed by atoms with van der Waals surface area (Å²) in [5.41, 5.74) is 1.03. The van der Waals surface area contributed by atoms with Crippen molar-refractivity contribution in [2.24, 2.45) is 0 Å². The summed E-state index contributed by atoms with van der Waals surface area (Å²) in [4.78, 5) is 18.3. The number of nitriles is 1. The van der Waals surface area contributed by atoms with Gasteiger partial charge in [-0.2, -0.15) is 5.26 Å². The molecule has 21 heavy (non-hydrogen) atoms. The molecule has 0 aromatic carbocycles. The molecular formula is C16H23N3O2. The van der Waals surface area contributed by atoms with E-state index in [1.54, 1.807) is 12.4 Å². The van der Waals surface area contributed by atoms with E-state index in [4.69, 9.17) is 10.00 Å². The molecule has 5 nitrogen and oxygen atoms in total. The summed E-state index contributed by atoms with van der Waals surface area (Å²) >= 11 is 0. The average Bonchev–Trinajstić information content (AvgIpc) is 2.50. The fourth-order valence-corrected chi connectivity index (χ4v) is 2.23. The van der Waals surface area contributed by atoms with Gasteiger partial charge in [-0.1, -0.05) is 19.4 Å². The van der Waals surface area contributed by atoms with Gasteiger partial charge in [-0.05, 0) is 25.0 Å². The number of aromatic nitrogens is 1. The van der Waals surface area contributed by atoms with E-state index >= 15 is 0 Å². The predicted octanol–water partition coefficient (Wildman–Crippen LogP) is 2.53. The lowest BCUT2D eigenvalue weighted by atomic mass is 10.1. The summed E-state index contributed by atoms with van der Waals surface area (Å²) in [6, 6.07) is 5.68. The quantitative estimate of drug-likeness (QED) is 0.653. The topological polar surface area (TPSA) is 66.2 Å². The van der Waals surface area contributed by atoms with E-state index in [1.165, 1.54) is 0 Å². The lowest BCUT2D eigenvalue weighted by molar-refractivity contribution is -0.150. The minimum atomic E-state index is -0.302. The maximum absolute atomic E-state index is 12.2. The van der Waals surface area contributed by atoms with Crippen LogP contribution in [-0.2, 0) is 16.1 Å². The molecule has 1 rings (SSSR count). The van der Waals surface area contributed by atoms with Gasteiger partial charge in [0.05, 0.1) is 12.7 Å². The van der Waals surface area contributed by atoms with Crippen LogP contribution in [0.3, 0.4) is 0 Å². The molecule has 0 N–H and O–H groups in total. The van der Waals surface area contributed by atoms with Crippen molar-refractivity contribution in [3.05, 3.63) is 30.1 Å². The van der Waals surface area contributed by atoms with Crippen molar-refractivity contribution >= 4 is 5.97 Å². The zero-order valence-corrected chi connectivity index (χ0v) is 12.8. The van der Waals surface area contributed by atoms with Gasteiger partial charge in [-0.15, -0.1) is 0 Å². The van der Waals surface area contributed by atoms with E-state index in [-0.39, 0.29) is 12.0 Å². The Morgan fingerprint density at radius 1 is 1.52 bits per heavy atom. The second-order valence-electron chi connectivity index (χ2n) is 4.80.